The van der Waals surface area contributed by atoms with Crippen LogP contribution in [0.5, 0.6) is 5.75 Å². The minimum absolute atomic E-state index is 0. The molecule has 2 heterocycles. The summed E-state index contributed by atoms with van der Waals surface area (Å²) in [5, 5.41) is 6.52. The van der Waals surface area contributed by atoms with Crippen LogP contribution in [0.15, 0.2) is 47.6 Å². The van der Waals surface area contributed by atoms with Crippen molar-refractivity contribution in [2.75, 3.05) is 31.6 Å². The van der Waals surface area contributed by atoms with Crippen LogP contribution in [0.25, 0.3) is 0 Å². The molecule has 0 bridgehead atoms. The van der Waals surface area contributed by atoms with Gasteiger partial charge in [0.05, 0.1) is 0 Å². The van der Waals surface area contributed by atoms with E-state index in [9.17, 15) is 13.2 Å². The fourth-order valence-corrected chi connectivity index (χ4v) is 3.16. The monoisotopic (exact) mass is 535 g/mol. The molecule has 2 N–H and O–H groups in total. The molecule has 0 saturated carbocycles. The maximum absolute atomic E-state index is 13.9. The molecule has 1 aromatic heterocycles. The summed E-state index contributed by atoms with van der Waals surface area (Å²) in [6.07, 6.45) is -0.0997. The van der Waals surface area contributed by atoms with Crippen molar-refractivity contribution in [3.63, 3.8) is 0 Å². The van der Waals surface area contributed by atoms with E-state index in [0.29, 0.717) is 37.2 Å². The molecule has 1 atom stereocenters. The van der Waals surface area contributed by atoms with Gasteiger partial charge in [-0.25, -0.2) is 18.2 Å². The number of hydrogen-bond donors (Lipinski definition) is 2. The number of nitrogens with zero attached hydrogens (tertiary/aromatic N) is 3. The van der Waals surface area contributed by atoms with Gasteiger partial charge in [0, 0.05) is 38.9 Å². The molecule has 1 fully saturated rings. The van der Waals surface area contributed by atoms with Crippen molar-refractivity contribution in [1.82, 2.24) is 15.6 Å². The van der Waals surface area contributed by atoms with E-state index >= 15 is 0 Å². The van der Waals surface area contributed by atoms with Crippen molar-refractivity contribution in [3.05, 3.63) is 54.0 Å². The van der Waals surface area contributed by atoms with Gasteiger partial charge in [-0.2, -0.15) is 0 Å². The van der Waals surface area contributed by atoms with Gasteiger partial charge in [-0.1, -0.05) is 12.1 Å². The number of ether oxygens (including phenoxy) is 1. The van der Waals surface area contributed by atoms with Gasteiger partial charge in [0.1, 0.15) is 12.4 Å². The molecule has 0 aliphatic carbocycles. The SMILES string of the molecule is CN=C(NCc1cccc(OCC(F)F)c1)NC1CCN(c2ncccc2F)C1.I. The molecule has 30 heavy (non-hydrogen) atoms. The first-order valence-electron chi connectivity index (χ1n) is 9.37. The van der Waals surface area contributed by atoms with Crippen LogP contribution < -0.4 is 20.3 Å². The van der Waals surface area contributed by atoms with Gasteiger partial charge in [-0.05, 0) is 36.2 Å². The first-order chi connectivity index (χ1) is 14.0. The Morgan fingerprint density at radius 3 is 2.90 bits per heavy atom. The second-order valence-electron chi connectivity index (χ2n) is 6.66. The number of hydrogen-bond acceptors (Lipinski definition) is 4. The molecule has 1 aliphatic rings. The van der Waals surface area contributed by atoms with Gasteiger partial charge < -0.3 is 20.3 Å². The highest BCUT2D eigenvalue weighted by Crippen LogP contribution is 2.20. The highest BCUT2D eigenvalue weighted by atomic mass is 127. The number of halogens is 4. The lowest BCUT2D eigenvalue weighted by Crippen LogP contribution is -2.44. The summed E-state index contributed by atoms with van der Waals surface area (Å²) in [5.74, 6) is 1.04. The van der Waals surface area contributed by atoms with Gasteiger partial charge >= 0.3 is 0 Å². The minimum atomic E-state index is -2.51. The van der Waals surface area contributed by atoms with E-state index in [1.54, 1.807) is 37.5 Å². The van der Waals surface area contributed by atoms with Crippen LogP contribution in [0, 0.1) is 5.82 Å². The average molecular weight is 535 g/mol. The van der Waals surface area contributed by atoms with E-state index < -0.39 is 13.0 Å². The third-order valence-electron chi connectivity index (χ3n) is 4.53. The van der Waals surface area contributed by atoms with Crippen LogP contribution in [-0.4, -0.2) is 50.2 Å². The first kappa shape index (κ1) is 24.0. The van der Waals surface area contributed by atoms with Crippen molar-refractivity contribution in [3.8, 4) is 5.75 Å². The van der Waals surface area contributed by atoms with Gasteiger partial charge in [0.25, 0.3) is 6.43 Å². The van der Waals surface area contributed by atoms with E-state index in [1.807, 2.05) is 11.0 Å². The Hall–Kier alpha value is -2.24. The van der Waals surface area contributed by atoms with Crippen molar-refractivity contribution >= 4 is 35.8 Å². The zero-order chi connectivity index (χ0) is 20.6. The summed E-state index contributed by atoms with van der Waals surface area (Å²) in [7, 11) is 1.67. The van der Waals surface area contributed by atoms with Gasteiger partial charge in [-0.15, -0.1) is 24.0 Å². The van der Waals surface area contributed by atoms with Crippen LogP contribution in [0.1, 0.15) is 12.0 Å². The molecule has 2 aromatic rings. The molecule has 1 saturated heterocycles. The predicted molar refractivity (Wildman–Crippen MR) is 122 cm³/mol. The Morgan fingerprint density at radius 1 is 1.33 bits per heavy atom. The Balaban J connectivity index is 0.00000320. The number of aliphatic imine (C=N–C) groups is 1. The normalized spacial score (nSPS) is 16.4. The number of alkyl halides is 2. The molecule has 1 aromatic carbocycles. The molecule has 6 nitrogen and oxygen atoms in total. The highest BCUT2D eigenvalue weighted by Gasteiger charge is 2.25. The van der Waals surface area contributed by atoms with E-state index in [0.717, 1.165) is 12.0 Å². The number of nitrogens with one attached hydrogen (secondary N) is 2. The van der Waals surface area contributed by atoms with Crippen LogP contribution >= 0.6 is 24.0 Å². The second-order valence-corrected chi connectivity index (χ2v) is 6.66. The fourth-order valence-electron chi connectivity index (χ4n) is 3.16. The van der Waals surface area contributed by atoms with Crippen molar-refractivity contribution < 1.29 is 17.9 Å². The standard InChI is InChI=1S/C20H24F3N5O.HI/c1-24-20(26-11-14-4-2-5-16(10-14)29-13-18(22)23)27-15-7-9-28(12-15)19-17(21)6-3-8-25-19;/h2-6,8,10,15,18H,7,9,11-13H2,1H3,(H2,24,26,27);1H. The highest BCUT2D eigenvalue weighted by molar-refractivity contribution is 14.0. The molecular weight excluding hydrogens is 510 g/mol. The number of rotatable bonds is 7. The third-order valence-corrected chi connectivity index (χ3v) is 4.53. The van der Waals surface area contributed by atoms with Crippen molar-refractivity contribution in [2.45, 2.75) is 25.4 Å². The van der Waals surface area contributed by atoms with Crippen molar-refractivity contribution in [2.24, 2.45) is 4.99 Å². The number of pyridine rings is 1. The van der Waals surface area contributed by atoms with Gasteiger partial charge in [0.2, 0.25) is 0 Å². The molecule has 3 rings (SSSR count). The third kappa shape index (κ3) is 6.92. The number of guanidine groups is 1. The van der Waals surface area contributed by atoms with Crippen LogP contribution in [0.2, 0.25) is 0 Å². The number of benzene rings is 1. The number of aromatic nitrogens is 1. The predicted octanol–water partition coefficient (Wildman–Crippen LogP) is 3.43. The summed E-state index contributed by atoms with van der Waals surface area (Å²) in [6.45, 7) is 1.14. The summed E-state index contributed by atoms with van der Waals surface area (Å²) >= 11 is 0. The van der Waals surface area contributed by atoms with Gasteiger partial charge in [0.15, 0.2) is 17.6 Å². The van der Waals surface area contributed by atoms with Crippen molar-refractivity contribution in [1.29, 1.82) is 0 Å². The van der Waals surface area contributed by atoms with E-state index in [2.05, 4.69) is 20.6 Å². The molecule has 10 heteroatoms. The summed E-state index contributed by atoms with van der Waals surface area (Å²) in [5.41, 5.74) is 0.878. The second kappa shape index (κ2) is 11.8. The Labute approximate surface area is 190 Å². The lowest BCUT2D eigenvalue weighted by molar-refractivity contribution is 0.0818. The topological polar surface area (TPSA) is 61.8 Å². The summed E-state index contributed by atoms with van der Waals surface area (Å²) in [4.78, 5) is 10.2. The number of anilines is 1. The zero-order valence-electron chi connectivity index (χ0n) is 16.5. The molecule has 0 spiro atoms. The Bertz CT molecular complexity index is 840. The average Bonchev–Trinajstić information content (AvgIpc) is 3.18. The van der Waals surface area contributed by atoms with Gasteiger partial charge in [-0.3, -0.25) is 4.99 Å². The largest absolute Gasteiger partial charge is 0.488 e. The lowest BCUT2D eigenvalue weighted by Gasteiger charge is -2.20. The molecule has 1 unspecified atom stereocenters. The Kier molecular flexibility index (Phi) is 9.47. The molecule has 164 valence electrons. The van der Waals surface area contributed by atoms with E-state index in [4.69, 9.17) is 4.74 Å². The quantitative estimate of drug-likeness (QED) is 0.324. The molecule has 0 radical (unpaired) electrons. The zero-order valence-corrected chi connectivity index (χ0v) is 18.9. The van der Waals surface area contributed by atoms with E-state index in [1.165, 1.54) is 6.07 Å². The summed E-state index contributed by atoms with van der Waals surface area (Å²) in [6, 6.07) is 10.1. The van der Waals surface area contributed by atoms with E-state index in [-0.39, 0.29) is 35.8 Å². The minimum Gasteiger partial charge on any atom is -0.488 e. The Morgan fingerprint density at radius 2 is 2.17 bits per heavy atom. The maximum Gasteiger partial charge on any atom is 0.272 e. The van der Waals surface area contributed by atoms with Crippen LogP contribution in [0.3, 0.4) is 0 Å². The van der Waals surface area contributed by atoms with Crippen LogP contribution in [0.4, 0.5) is 19.0 Å². The molecular formula is C20H25F3IN5O. The lowest BCUT2D eigenvalue weighted by atomic mass is 10.2. The summed E-state index contributed by atoms with van der Waals surface area (Å²) < 4.78 is 43.5. The molecule has 1 aliphatic heterocycles. The van der Waals surface area contributed by atoms with Crippen LogP contribution in [-0.2, 0) is 6.54 Å². The maximum atomic E-state index is 13.9. The smallest absolute Gasteiger partial charge is 0.272 e. The fraction of sp³-hybridized carbons (Fsp3) is 0.400. The molecule has 0 amide bonds. The first-order valence-corrected chi connectivity index (χ1v) is 9.37.